The number of thiazole rings is 1. The topological polar surface area (TPSA) is 62.3 Å². The number of H-pyrrole nitrogens is 1. The molecule has 2 rings (SSSR count). The Morgan fingerprint density at radius 3 is 2.88 bits per heavy atom. The molecule has 0 saturated carbocycles. The Morgan fingerprint density at radius 2 is 2.29 bits per heavy atom. The molecule has 2 N–H and O–H groups in total. The number of rotatable bonds is 2. The van der Waals surface area contributed by atoms with E-state index in [1.165, 1.54) is 18.4 Å². The molecule has 0 aliphatic heterocycles. The van der Waals surface area contributed by atoms with E-state index in [9.17, 15) is 9.90 Å². The van der Waals surface area contributed by atoms with E-state index in [0.29, 0.717) is 20.5 Å². The monoisotopic (exact) mass is 249 g/mol. The molecule has 0 radical (unpaired) electrons. The van der Waals surface area contributed by atoms with Crippen molar-refractivity contribution in [1.82, 2.24) is 4.98 Å². The van der Waals surface area contributed by atoms with Gasteiger partial charge in [0.15, 0.2) is 0 Å². The fourth-order valence-electron chi connectivity index (χ4n) is 1.47. The van der Waals surface area contributed by atoms with Crippen LogP contribution in [0.2, 0.25) is 0 Å². The molecule has 1 heterocycles. The normalized spacial score (nSPS) is 11.7. The lowest BCUT2D eigenvalue weighted by atomic mass is 10.1. The number of aromatic hydroxyl groups is 1. The van der Waals surface area contributed by atoms with Gasteiger partial charge in [-0.15, -0.1) is 11.3 Å². The Hall–Kier alpha value is -2.01. The molecule has 17 heavy (non-hydrogen) atoms. The zero-order chi connectivity index (χ0) is 12.4. The third-order valence-electron chi connectivity index (χ3n) is 2.25. The van der Waals surface area contributed by atoms with Crippen molar-refractivity contribution >= 4 is 24.0 Å². The molecule has 0 aliphatic carbocycles. The molecule has 5 heteroatoms. The summed E-state index contributed by atoms with van der Waals surface area (Å²) in [5.74, 6) is 0.589. The largest absolute Gasteiger partial charge is 0.507 e. The third-order valence-corrected chi connectivity index (χ3v) is 3.12. The lowest BCUT2D eigenvalue weighted by Crippen LogP contribution is -2.19. The van der Waals surface area contributed by atoms with E-state index >= 15 is 0 Å². The van der Waals surface area contributed by atoms with Crippen LogP contribution in [0.15, 0.2) is 23.0 Å². The lowest BCUT2D eigenvalue weighted by Gasteiger charge is -2.05. The lowest BCUT2D eigenvalue weighted by molar-refractivity contribution is 0.406. The van der Waals surface area contributed by atoms with E-state index in [-0.39, 0.29) is 11.3 Å². The highest BCUT2D eigenvalue weighted by Gasteiger charge is 2.05. The minimum atomic E-state index is -0.217. The SMILES string of the molecule is C=c1[nH]c(=O)/c(=C/c2c(O)cccc2OC)s1. The van der Waals surface area contributed by atoms with Crippen molar-refractivity contribution in [2.45, 2.75) is 0 Å². The van der Waals surface area contributed by atoms with Gasteiger partial charge in [-0.2, -0.15) is 0 Å². The van der Waals surface area contributed by atoms with Crippen LogP contribution in [0.3, 0.4) is 0 Å². The highest BCUT2D eigenvalue weighted by atomic mass is 32.1. The van der Waals surface area contributed by atoms with Gasteiger partial charge in [0.25, 0.3) is 5.56 Å². The summed E-state index contributed by atoms with van der Waals surface area (Å²) in [5.41, 5.74) is 0.271. The Morgan fingerprint density at radius 1 is 1.53 bits per heavy atom. The van der Waals surface area contributed by atoms with Crippen molar-refractivity contribution < 1.29 is 9.84 Å². The van der Waals surface area contributed by atoms with Crippen molar-refractivity contribution in [2.75, 3.05) is 7.11 Å². The number of phenols is 1. The van der Waals surface area contributed by atoms with Crippen molar-refractivity contribution in [3.8, 4) is 11.5 Å². The Bertz CT molecular complexity index is 699. The minimum absolute atomic E-state index is 0.0720. The van der Waals surface area contributed by atoms with Crippen LogP contribution < -0.4 is 19.5 Å². The van der Waals surface area contributed by atoms with Crippen LogP contribution in [0.5, 0.6) is 11.5 Å². The van der Waals surface area contributed by atoms with E-state index in [1.807, 2.05) is 0 Å². The zero-order valence-electron chi connectivity index (χ0n) is 9.19. The average molecular weight is 249 g/mol. The molecule has 0 amide bonds. The predicted molar refractivity (Wildman–Crippen MR) is 67.9 cm³/mol. The molecule has 88 valence electrons. The summed E-state index contributed by atoms with van der Waals surface area (Å²) in [5, 5.41) is 9.75. The van der Waals surface area contributed by atoms with Gasteiger partial charge >= 0.3 is 0 Å². The van der Waals surface area contributed by atoms with Gasteiger partial charge in [-0.1, -0.05) is 12.6 Å². The van der Waals surface area contributed by atoms with Crippen molar-refractivity contribution in [1.29, 1.82) is 0 Å². The third kappa shape index (κ3) is 2.24. The number of hydrogen-bond acceptors (Lipinski definition) is 4. The van der Waals surface area contributed by atoms with Crippen molar-refractivity contribution in [3.05, 3.63) is 43.3 Å². The predicted octanol–water partition coefficient (Wildman–Crippen LogP) is 0.390. The second kappa shape index (κ2) is 4.47. The average Bonchev–Trinajstić information content (AvgIpc) is 2.60. The summed E-state index contributed by atoms with van der Waals surface area (Å²) in [6, 6.07) is 4.94. The second-order valence-corrected chi connectivity index (χ2v) is 4.52. The van der Waals surface area contributed by atoms with Crippen LogP contribution in [0.1, 0.15) is 5.56 Å². The molecule has 0 unspecified atom stereocenters. The van der Waals surface area contributed by atoms with E-state index in [0.717, 1.165) is 0 Å². The van der Waals surface area contributed by atoms with Crippen LogP contribution in [0, 0.1) is 0 Å². The number of aromatic amines is 1. The van der Waals surface area contributed by atoms with Crippen LogP contribution >= 0.6 is 11.3 Å². The molecule has 4 nitrogen and oxygen atoms in total. The first-order valence-corrected chi connectivity index (χ1v) is 5.69. The fourth-order valence-corrected chi connectivity index (χ4v) is 2.20. The van der Waals surface area contributed by atoms with E-state index in [2.05, 4.69) is 11.6 Å². The summed E-state index contributed by atoms with van der Waals surface area (Å²) in [4.78, 5) is 14.1. The summed E-state index contributed by atoms with van der Waals surface area (Å²) >= 11 is 1.24. The molecule has 0 spiro atoms. The van der Waals surface area contributed by atoms with Gasteiger partial charge < -0.3 is 14.8 Å². The zero-order valence-corrected chi connectivity index (χ0v) is 10.0. The van der Waals surface area contributed by atoms with Crippen LogP contribution in [0.25, 0.3) is 12.7 Å². The maximum atomic E-state index is 11.5. The van der Waals surface area contributed by atoms with Gasteiger partial charge in [0.1, 0.15) is 11.5 Å². The molecular formula is C12H11NO3S. The van der Waals surface area contributed by atoms with Gasteiger partial charge in [0.05, 0.1) is 21.9 Å². The van der Waals surface area contributed by atoms with Gasteiger partial charge in [-0.3, -0.25) is 4.79 Å². The maximum absolute atomic E-state index is 11.5. The Labute approximate surface area is 101 Å². The molecule has 0 atom stereocenters. The molecule has 1 aromatic carbocycles. The molecule has 0 fully saturated rings. The van der Waals surface area contributed by atoms with E-state index in [1.54, 1.807) is 24.3 Å². The molecule has 2 aromatic rings. The van der Waals surface area contributed by atoms with Crippen molar-refractivity contribution in [3.63, 3.8) is 0 Å². The summed E-state index contributed by atoms with van der Waals surface area (Å²) in [7, 11) is 1.51. The number of ether oxygens (including phenoxy) is 1. The molecule has 1 aromatic heterocycles. The minimum Gasteiger partial charge on any atom is -0.507 e. The van der Waals surface area contributed by atoms with Gasteiger partial charge in [0.2, 0.25) is 0 Å². The highest BCUT2D eigenvalue weighted by molar-refractivity contribution is 7.07. The van der Waals surface area contributed by atoms with Gasteiger partial charge in [-0.25, -0.2) is 0 Å². The van der Waals surface area contributed by atoms with Crippen LogP contribution in [0.4, 0.5) is 0 Å². The standard InChI is InChI=1S/C12H11NO3S/c1-7-13-12(15)11(17-7)6-8-9(14)4-3-5-10(8)16-2/h3-6,14H,1H2,2H3,(H,13,15)/b11-6-. The maximum Gasteiger partial charge on any atom is 0.266 e. The smallest absolute Gasteiger partial charge is 0.266 e. The first kappa shape index (κ1) is 11.5. The number of benzene rings is 1. The number of hydrogen-bond donors (Lipinski definition) is 2. The molecule has 0 aliphatic rings. The van der Waals surface area contributed by atoms with Gasteiger partial charge in [0, 0.05) is 0 Å². The number of aromatic nitrogens is 1. The summed E-state index contributed by atoms with van der Waals surface area (Å²) in [6.45, 7) is 3.66. The highest BCUT2D eigenvalue weighted by Crippen LogP contribution is 2.27. The first-order chi connectivity index (χ1) is 8.11. The number of methoxy groups -OCH3 is 1. The first-order valence-electron chi connectivity index (χ1n) is 4.87. The second-order valence-electron chi connectivity index (χ2n) is 3.38. The number of phenolic OH excluding ortho intramolecular Hbond substituents is 1. The van der Waals surface area contributed by atoms with E-state index in [4.69, 9.17) is 4.74 Å². The quantitative estimate of drug-likeness (QED) is 0.809. The Balaban J connectivity index is 2.71. The molecule has 0 bridgehead atoms. The summed E-state index contributed by atoms with van der Waals surface area (Å²) < 4.78 is 6.19. The summed E-state index contributed by atoms with van der Waals surface area (Å²) in [6.07, 6.45) is 1.59. The van der Waals surface area contributed by atoms with Crippen molar-refractivity contribution in [2.24, 2.45) is 0 Å². The van der Waals surface area contributed by atoms with Crippen LogP contribution in [-0.2, 0) is 0 Å². The fraction of sp³-hybridized carbons (Fsp3) is 0.0833. The molecule has 0 saturated heterocycles. The molecular weight excluding hydrogens is 238 g/mol. The van der Waals surface area contributed by atoms with E-state index < -0.39 is 0 Å². The number of nitrogens with one attached hydrogen (secondary N) is 1. The Kier molecular flexibility index (Phi) is 3.01. The van der Waals surface area contributed by atoms with Crippen LogP contribution in [-0.4, -0.2) is 17.2 Å². The van der Waals surface area contributed by atoms with Gasteiger partial charge in [-0.05, 0) is 18.2 Å².